The summed E-state index contributed by atoms with van der Waals surface area (Å²) in [7, 11) is 0. The maximum Gasteiger partial charge on any atom is 0.0748 e. The number of rotatable bonds is 1. The molecule has 0 bridgehead atoms. The number of aliphatic hydroxyl groups excluding tert-OH is 1. The molecule has 0 aliphatic carbocycles. The second kappa shape index (κ2) is 3.12. The zero-order valence-electron chi connectivity index (χ0n) is 7.96. The van der Waals surface area contributed by atoms with Crippen LogP contribution in [0, 0.1) is 13.8 Å². The molecule has 0 spiro atoms. The van der Waals surface area contributed by atoms with Gasteiger partial charge >= 0.3 is 0 Å². The van der Waals surface area contributed by atoms with Crippen molar-refractivity contribution in [3.63, 3.8) is 0 Å². The van der Waals surface area contributed by atoms with Gasteiger partial charge in [-0.2, -0.15) is 5.10 Å². The Kier molecular flexibility index (Phi) is 2.09. The van der Waals surface area contributed by atoms with E-state index in [0.717, 1.165) is 29.9 Å². The van der Waals surface area contributed by atoms with E-state index >= 15 is 0 Å². The lowest BCUT2D eigenvalue weighted by Crippen LogP contribution is -2.22. The first-order valence-corrected chi connectivity index (χ1v) is 4.63. The smallest absolute Gasteiger partial charge is 0.0748 e. The monoisotopic (exact) mass is 181 g/mol. The molecule has 0 radical (unpaired) electrons. The summed E-state index contributed by atoms with van der Waals surface area (Å²) in [6.07, 6.45) is 0.560. The van der Waals surface area contributed by atoms with Gasteiger partial charge in [0.15, 0.2) is 0 Å². The van der Waals surface area contributed by atoms with Gasteiger partial charge in [0.1, 0.15) is 0 Å². The van der Waals surface area contributed by atoms with Gasteiger partial charge in [0, 0.05) is 11.3 Å². The molecule has 0 aromatic carbocycles. The lowest BCUT2D eigenvalue weighted by atomic mass is 10.0. The molecule has 1 aromatic heterocycles. The van der Waals surface area contributed by atoms with Crippen molar-refractivity contribution in [3.8, 4) is 0 Å². The third-order valence-corrected chi connectivity index (χ3v) is 2.69. The zero-order valence-corrected chi connectivity index (χ0v) is 7.96. The van der Waals surface area contributed by atoms with Crippen molar-refractivity contribution in [1.29, 1.82) is 0 Å². The van der Waals surface area contributed by atoms with Crippen LogP contribution in [0.15, 0.2) is 0 Å². The SMILES string of the molecule is Cc1n[nH]c(C)c1C1NCCC1O. The standard InChI is InChI=1S/C9H15N3O/c1-5-8(6(2)12-11-5)9-7(13)3-4-10-9/h7,9-10,13H,3-4H2,1-2H3,(H,11,12). The van der Waals surface area contributed by atoms with Crippen LogP contribution in [0.5, 0.6) is 0 Å². The van der Waals surface area contributed by atoms with E-state index in [1.807, 2.05) is 13.8 Å². The van der Waals surface area contributed by atoms with Crippen LogP contribution in [-0.2, 0) is 0 Å². The molecule has 13 heavy (non-hydrogen) atoms. The molecule has 1 aliphatic heterocycles. The number of nitrogens with one attached hydrogen (secondary N) is 2. The van der Waals surface area contributed by atoms with Crippen LogP contribution in [0.2, 0.25) is 0 Å². The molecule has 1 fully saturated rings. The second-order valence-corrected chi connectivity index (χ2v) is 3.64. The van der Waals surface area contributed by atoms with Crippen LogP contribution < -0.4 is 5.32 Å². The number of hydrogen-bond acceptors (Lipinski definition) is 3. The van der Waals surface area contributed by atoms with Gasteiger partial charge in [-0.3, -0.25) is 5.10 Å². The molecule has 1 saturated heterocycles. The number of aryl methyl sites for hydroxylation is 2. The highest BCUT2D eigenvalue weighted by Crippen LogP contribution is 2.27. The fourth-order valence-electron chi connectivity index (χ4n) is 2.00. The van der Waals surface area contributed by atoms with Gasteiger partial charge in [-0.1, -0.05) is 0 Å². The van der Waals surface area contributed by atoms with Crippen molar-refractivity contribution in [2.45, 2.75) is 32.4 Å². The summed E-state index contributed by atoms with van der Waals surface area (Å²) in [5.41, 5.74) is 3.16. The Labute approximate surface area is 77.4 Å². The average molecular weight is 181 g/mol. The first kappa shape index (κ1) is 8.72. The molecule has 2 heterocycles. The first-order valence-electron chi connectivity index (χ1n) is 4.63. The van der Waals surface area contributed by atoms with Crippen molar-refractivity contribution in [1.82, 2.24) is 15.5 Å². The molecule has 4 heteroatoms. The number of aromatic amines is 1. The summed E-state index contributed by atoms with van der Waals surface area (Å²) in [6, 6.07) is 0.0683. The van der Waals surface area contributed by atoms with E-state index in [-0.39, 0.29) is 12.1 Å². The Morgan fingerprint density at radius 1 is 1.46 bits per heavy atom. The average Bonchev–Trinajstić information content (AvgIpc) is 2.60. The van der Waals surface area contributed by atoms with Gasteiger partial charge in [0.25, 0.3) is 0 Å². The van der Waals surface area contributed by atoms with E-state index in [2.05, 4.69) is 15.5 Å². The van der Waals surface area contributed by atoms with Crippen molar-refractivity contribution in [3.05, 3.63) is 17.0 Å². The Morgan fingerprint density at radius 2 is 2.23 bits per heavy atom. The van der Waals surface area contributed by atoms with Gasteiger partial charge < -0.3 is 10.4 Å². The number of hydrogen-bond donors (Lipinski definition) is 3. The summed E-state index contributed by atoms with van der Waals surface area (Å²) in [5.74, 6) is 0. The van der Waals surface area contributed by atoms with E-state index in [9.17, 15) is 5.11 Å². The molecule has 2 atom stereocenters. The van der Waals surface area contributed by atoms with Gasteiger partial charge in [-0.15, -0.1) is 0 Å². The Balaban J connectivity index is 2.33. The van der Waals surface area contributed by atoms with Crippen LogP contribution in [0.4, 0.5) is 0 Å². The molecular weight excluding hydrogens is 166 g/mol. The van der Waals surface area contributed by atoms with Crippen molar-refractivity contribution < 1.29 is 5.11 Å². The molecule has 2 unspecified atom stereocenters. The van der Waals surface area contributed by atoms with E-state index in [1.165, 1.54) is 0 Å². The summed E-state index contributed by atoms with van der Waals surface area (Å²) in [4.78, 5) is 0. The number of aliphatic hydroxyl groups is 1. The number of H-pyrrole nitrogens is 1. The van der Waals surface area contributed by atoms with Crippen LogP contribution in [0.25, 0.3) is 0 Å². The van der Waals surface area contributed by atoms with Crippen molar-refractivity contribution in [2.24, 2.45) is 0 Å². The summed E-state index contributed by atoms with van der Waals surface area (Å²) in [5, 5.41) is 20.0. The van der Waals surface area contributed by atoms with Crippen LogP contribution in [-0.4, -0.2) is 28.0 Å². The van der Waals surface area contributed by atoms with E-state index in [0.29, 0.717) is 0 Å². The van der Waals surface area contributed by atoms with E-state index < -0.39 is 0 Å². The Morgan fingerprint density at radius 3 is 2.69 bits per heavy atom. The summed E-state index contributed by atoms with van der Waals surface area (Å²) >= 11 is 0. The predicted molar refractivity (Wildman–Crippen MR) is 49.4 cm³/mol. The van der Waals surface area contributed by atoms with Crippen molar-refractivity contribution >= 4 is 0 Å². The molecule has 1 aromatic rings. The van der Waals surface area contributed by atoms with E-state index in [1.54, 1.807) is 0 Å². The van der Waals surface area contributed by atoms with Crippen LogP contribution >= 0.6 is 0 Å². The first-order chi connectivity index (χ1) is 6.20. The fraction of sp³-hybridized carbons (Fsp3) is 0.667. The number of aromatic nitrogens is 2. The highest BCUT2D eigenvalue weighted by molar-refractivity contribution is 5.29. The minimum absolute atomic E-state index is 0.0683. The van der Waals surface area contributed by atoms with Gasteiger partial charge in [0.2, 0.25) is 0 Å². The molecule has 1 aliphatic rings. The lowest BCUT2D eigenvalue weighted by Gasteiger charge is -2.14. The molecule has 4 nitrogen and oxygen atoms in total. The third kappa shape index (κ3) is 1.36. The normalized spacial score (nSPS) is 28.2. The number of nitrogens with zero attached hydrogens (tertiary/aromatic N) is 1. The molecular formula is C9H15N3O. The van der Waals surface area contributed by atoms with Crippen molar-refractivity contribution in [2.75, 3.05) is 6.54 Å². The highest BCUT2D eigenvalue weighted by atomic mass is 16.3. The van der Waals surface area contributed by atoms with E-state index in [4.69, 9.17) is 0 Å². The molecule has 3 N–H and O–H groups in total. The highest BCUT2D eigenvalue weighted by Gasteiger charge is 2.29. The quantitative estimate of drug-likeness (QED) is 0.588. The third-order valence-electron chi connectivity index (χ3n) is 2.69. The van der Waals surface area contributed by atoms with Crippen LogP contribution in [0.1, 0.15) is 29.4 Å². The predicted octanol–water partition coefficient (Wildman–Crippen LogP) is 0.422. The van der Waals surface area contributed by atoms with Gasteiger partial charge in [-0.25, -0.2) is 0 Å². The zero-order chi connectivity index (χ0) is 9.42. The minimum atomic E-state index is -0.269. The maximum atomic E-state index is 9.71. The Hall–Kier alpha value is -0.870. The second-order valence-electron chi connectivity index (χ2n) is 3.64. The van der Waals surface area contributed by atoms with Gasteiger partial charge in [-0.05, 0) is 26.8 Å². The maximum absolute atomic E-state index is 9.71. The fourth-order valence-corrected chi connectivity index (χ4v) is 2.00. The van der Waals surface area contributed by atoms with Gasteiger partial charge in [0.05, 0.1) is 17.8 Å². The topological polar surface area (TPSA) is 60.9 Å². The summed E-state index contributed by atoms with van der Waals surface area (Å²) < 4.78 is 0. The molecule has 72 valence electrons. The largest absolute Gasteiger partial charge is 0.391 e. The lowest BCUT2D eigenvalue weighted by molar-refractivity contribution is 0.159. The van der Waals surface area contributed by atoms with Crippen LogP contribution in [0.3, 0.4) is 0 Å². The minimum Gasteiger partial charge on any atom is -0.391 e. The molecule has 2 rings (SSSR count). The summed E-state index contributed by atoms with van der Waals surface area (Å²) in [6.45, 7) is 4.84. The Bertz CT molecular complexity index is 288. The molecule has 0 amide bonds. The molecule has 0 saturated carbocycles.